The molecular weight excluding hydrogens is 246 g/mol. The monoisotopic (exact) mass is 275 g/mol. The van der Waals surface area contributed by atoms with Crippen LogP contribution in [0.4, 0.5) is 0 Å². The molecule has 1 aliphatic heterocycles. The van der Waals surface area contributed by atoms with Gasteiger partial charge in [-0.2, -0.15) is 0 Å². The number of rotatable bonds is 4. The van der Waals surface area contributed by atoms with Crippen molar-refractivity contribution in [3.63, 3.8) is 0 Å². The fourth-order valence-electron chi connectivity index (χ4n) is 4.30. The molecule has 1 saturated heterocycles. The molecule has 0 aromatic heterocycles. The van der Waals surface area contributed by atoms with E-state index in [9.17, 15) is 5.11 Å². The van der Waals surface area contributed by atoms with E-state index in [-0.39, 0.29) is 0 Å². The number of nitrogens with zero attached hydrogens (tertiary/aromatic N) is 1. The van der Waals surface area contributed by atoms with Crippen molar-refractivity contribution in [2.75, 3.05) is 19.6 Å². The van der Waals surface area contributed by atoms with Gasteiger partial charge in [0.2, 0.25) is 0 Å². The van der Waals surface area contributed by atoms with Crippen LogP contribution in [-0.2, 0) is 0 Å². The van der Waals surface area contributed by atoms with E-state index in [0.29, 0.717) is 5.92 Å². The molecule has 1 heterocycles. The Kier molecular flexibility index (Phi) is 4.05. The van der Waals surface area contributed by atoms with Crippen LogP contribution in [0.1, 0.15) is 46.0 Å². The Morgan fingerprint density at radius 2 is 2.05 bits per heavy atom. The van der Waals surface area contributed by atoms with Gasteiger partial charge in [0, 0.05) is 19.6 Å². The van der Waals surface area contributed by atoms with E-state index >= 15 is 0 Å². The predicted molar refractivity (Wildman–Crippen MR) is 83.5 cm³/mol. The maximum Gasteiger partial charge on any atom is 0.0837 e. The van der Waals surface area contributed by atoms with Crippen molar-refractivity contribution in [2.45, 2.75) is 51.6 Å². The molecule has 2 unspecified atom stereocenters. The third kappa shape index (κ3) is 3.01. The van der Waals surface area contributed by atoms with Gasteiger partial charge >= 0.3 is 0 Å². The standard InChI is InChI=1S/C18H29NO/c1-3-14(15-7-9-18(2,20)10-8-15)11-19-12-16-5-4-6-17(16)13-19/h7-9,14,16-17,20H,3-6,10-13H2,1-2H3/t14?,16-,17+,18?. The minimum Gasteiger partial charge on any atom is -0.386 e. The number of fused-ring (bicyclic) bond motifs is 1. The molecule has 0 aromatic rings. The smallest absolute Gasteiger partial charge is 0.0837 e. The Balaban J connectivity index is 1.58. The SMILES string of the molecule is CCC(CN1C[C@H]2CCC[C@H]2C1)C1=CCC(C)(O)C=C1. The van der Waals surface area contributed by atoms with E-state index < -0.39 is 5.60 Å². The fraction of sp³-hybridized carbons (Fsp3) is 0.778. The highest BCUT2D eigenvalue weighted by Gasteiger charge is 2.36. The molecule has 2 nitrogen and oxygen atoms in total. The molecule has 2 heteroatoms. The van der Waals surface area contributed by atoms with Crippen molar-refractivity contribution < 1.29 is 5.11 Å². The summed E-state index contributed by atoms with van der Waals surface area (Å²) in [4.78, 5) is 2.70. The summed E-state index contributed by atoms with van der Waals surface area (Å²) in [5.74, 6) is 2.62. The van der Waals surface area contributed by atoms with Gasteiger partial charge in [-0.3, -0.25) is 0 Å². The van der Waals surface area contributed by atoms with Gasteiger partial charge in [-0.15, -0.1) is 0 Å². The van der Waals surface area contributed by atoms with Gasteiger partial charge in [0.15, 0.2) is 0 Å². The Bertz CT molecular complexity index is 398. The normalized spacial score (nSPS) is 38.9. The number of hydrogen-bond acceptors (Lipinski definition) is 2. The molecule has 4 atom stereocenters. The van der Waals surface area contributed by atoms with Crippen molar-refractivity contribution in [3.05, 3.63) is 23.8 Å². The van der Waals surface area contributed by atoms with Crippen LogP contribution >= 0.6 is 0 Å². The highest BCUT2D eigenvalue weighted by molar-refractivity contribution is 5.29. The summed E-state index contributed by atoms with van der Waals surface area (Å²) < 4.78 is 0. The van der Waals surface area contributed by atoms with Gasteiger partial charge < -0.3 is 10.0 Å². The molecule has 1 N–H and O–H groups in total. The average molecular weight is 275 g/mol. The van der Waals surface area contributed by atoms with Crippen molar-refractivity contribution >= 4 is 0 Å². The minimum atomic E-state index is -0.632. The van der Waals surface area contributed by atoms with Crippen LogP contribution < -0.4 is 0 Å². The van der Waals surface area contributed by atoms with E-state index in [0.717, 1.165) is 18.3 Å². The average Bonchev–Trinajstić information content (AvgIpc) is 2.97. The Morgan fingerprint density at radius 3 is 2.60 bits per heavy atom. The zero-order valence-electron chi connectivity index (χ0n) is 13.0. The van der Waals surface area contributed by atoms with Crippen LogP contribution in [0.5, 0.6) is 0 Å². The van der Waals surface area contributed by atoms with Crippen LogP contribution in [0, 0.1) is 17.8 Å². The fourth-order valence-corrected chi connectivity index (χ4v) is 4.30. The molecule has 2 fully saturated rings. The molecule has 2 aliphatic carbocycles. The topological polar surface area (TPSA) is 23.5 Å². The summed E-state index contributed by atoms with van der Waals surface area (Å²) in [6.45, 7) is 8.05. The first-order valence-electron chi connectivity index (χ1n) is 8.41. The zero-order chi connectivity index (χ0) is 14.2. The molecule has 0 spiro atoms. The largest absolute Gasteiger partial charge is 0.386 e. The lowest BCUT2D eigenvalue weighted by molar-refractivity contribution is 0.113. The summed E-state index contributed by atoms with van der Waals surface area (Å²) in [5.41, 5.74) is 0.808. The predicted octanol–water partition coefficient (Wildman–Crippen LogP) is 3.38. The van der Waals surface area contributed by atoms with E-state index in [1.165, 1.54) is 50.9 Å². The van der Waals surface area contributed by atoms with Crippen molar-refractivity contribution in [2.24, 2.45) is 17.8 Å². The summed E-state index contributed by atoms with van der Waals surface area (Å²) in [6, 6.07) is 0. The third-order valence-electron chi connectivity index (χ3n) is 5.63. The van der Waals surface area contributed by atoms with Crippen LogP contribution in [0.15, 0.2) is 23.8 Å². The first-order valence-corrected chi connectivity index (χ1v) is 8.41. The molecule has 1 saturated carbocycles. The molecule has 0 aromatic carbocycles. The van der Waals surface area contributed by atoms with Gasteiger partial charge in [-0.1, -0.05) is 31.6 Å². The Labute approximate surface area is 123 Å². The quantitative estimate of drug-likeness (QED) is 0.850. The molecule has 3 aliphatic rings. The van der Waals surface area contributed by atoms with Crippen LogP contribution in [0.25, 0.3) is 0 Å². The Hall–Kier alpha value is -0.600. The summed E-state index contributed by atoms with van der Waals surface area (Å²) in [5, 5.41) is 10.00. The summed E-state index contributed by atoms with van der Waals surface area (Å²) in [6.07, 6.45) is 12.7. The first kappa shape index (κ1) is 14.3. The second kappa shape index (κ2) is 5.65. The second-order valence-electron chi connectivity index (χ2n) is 7.37. The number of likely N-dealkylation sites (tertiary alicyclic amines) is 1. The second-order valence-corrected chi connectivity index (χ2v) is 7.37. The maximum atomic E-state index is 10.00. The van der Waals surface area contributed by atoms with Gasteiger partial charge in [0.1, 0.15) is 0 Å². The van der Waals surface area contributed by atoms with Crippen molar-refractivity contribution in [3.8, 4) is 0 Å². The molecule has 0 bridgehead atoms. The van der Waals surface area contributed by atoms with Crippen molar-refractivity contribution in [1.29, 1.82) is 0 Å². The van der Waals surface area contributed by atoms with Crippen LogP contribution in [0.2, 0.25) is 0 Å². The number of hydrogen-bond donors (Lipinski definition) is 1. The molecule has 0 radical (unpaired) electrons. The van der Waals surface area contributed by atoms with Gasteiger partial charge in [-0.05, 0) is 55.9 Å². The molecule has 20 heavy (non-hydrogen) atoms. The van der Waals surface area contributed by atoms with Crippen molar-refractivity contribution in [1.82, 2.24) is 4.90 Å². The van der Waals surface area contributed by atoms with Crippen LogP contribution in [-0.4, -0.2) is 35.2 Å². The lowest BCUT2D eigenvalue weighted by Crippen LogP contribution is -2.30. The lowest BCUT2D eigenvalue weighted by Gasteiger charge is -2.28. The highest BCUT2D eigenvalue weighted by Crippen LogP contribution is 2.38. The molecule has 0 amide bonds. The van der Waals surface area contributed by atoms with E-state index in [1.807, 2.05) is 13.0 Å². The minimum absolute atomic E-state index is 0.632. The first-order chi connectivity index (χ1) is 9.57. The van der Waals surface area contributed by atoms with E-state index in [4.69, 9.17) is 0 Å². The van der Waals surface area contributed by atoms with E-state index in [2.05, 4.69) is 24.0 Å². The third-order valence-corrected chi connectivity index (χ3v) is 5.63. The van der Waals surface area contributed by atoms with Crippen LogP contribution in [0.3, 0.4) is 0 Å². The van der Waals surface area contributed by atoms with Gasteiger partial charge in [0.05, 0.1) is 5.60 Å². The highest BCUT2D eigenvalue weighted by atomic mass is 16.3. The lowest BCUT2D eigenvalue weighted by atomic mass is 9.86. The van der Waals surface area contributed by atoms with E-state index in [1.54, 1.807) is 0 Å². The van der Waals surface area contributed by atoms with Gasteiger partial charge in [-0.25, -0.2) is 0 Å². The Morgan fingerprint density at radius 1 is 1.35 bits per heavy atom. The molecule has 112 valence electrons. The molecular formula is C18H29NO. The summed E-state index contributed by atoms with van der Waals surface area (Å²) in [7, 11) is 0. The zero-order valence-corrected chi connectivity index (χ0v) is 13.0. The summed E-state index contributed by atoms with van der Waals surface area (Å²) >= 11 is 0. The number of allylic oxidation sites excluding steroid dienone is 1. The maximum absolute atomic E-state index is 10.00. The molecule has 3 rings (SSSR count). The van der Waals surface area contributed by atoms with Gasteiger partial charge in [0.25, 0.3) is 0 Å². The number of aliphatic hydroxyl groups is 1.